The Morgan fingerprint density at radius 3 is 1.82 bits per heavy atom. The van der Waals surface area contributed by atoms with Crippen LogP contribution in [0.15, 0.2) is 12.3 Å². The third-order valence-corrected chi connectivity index (χ3v) is 5.18. The fourth-order valence-electron chi connectivity index (χ4n) is 2.97. The summed E-state index contributed by atoms with van der Waals surface area (Å²) in [4.78, 5) is 0. The fraction of sp³-hybridized carbons (Fsp3) is 0.800. The van der Waals surface area contributed by atoms with Gasteiger partial charge in [-0.3, -0.25) is 0 Å². The lowest BCUT2D eigenvalue weighted by Gasteiger charge is -2.16. The van der Waals surface area contributed by atoms with E-state index < -0.39 is 0 Å². The smallest absolute Gasteiger partial charge is 0.0312 e. The molecule has 0 aliphatic heterocycles. The van der Waals surface area contributed by atoms with Gasteiger partial charge in [0.1, 0.15) is 0 Å². The van der Waals surface area contributed by atoms with Gasteiger partial charge in [0, 0.05) is 6.20 Å². The molecule has 2 rings (SSSR count). The van der Waals surface area contributed by atoms with Crippen LogP contribution in [0.1, 0.15) is 81.8 Å². The zero-order chi connectivity index (χ0) is 11.8. The maximum Gasteiger partial charge on any atom is 0.0312 e. The van der Waals surface area contributed by atoms with Crippen molar-refractivity contribution in [2.24, 2.45) is 0 Å². The predicted molar refractivity (Wildman–Crippen MR) is 77.3 cm³/mol. The summed E-state index contributed by atoms with van der Waals surface area (Å²) in [6.07, 6.45) is 18.0. The van der Waals surface area contributed by atoms with E-state index in [0.717, 1.165) is 14.3 Å². The maximum absolute atomic E-state index is 4.38. The standard InChI is InChI=1S/C15H26NP/c1-2-4-6-8-10-14(11-9-7-5-3-1)15-12-13-16-17-15/h12-14,17H,1-11H2. The highest BCUT2D eigenvalue weighted by Crippen LogP contribution is 2.33. The molecule has 0 spiro atoms. The zero-order valence-corrected chi connectivity index (χ0v) is 12.0. The molecule has 1 aliphatic carbocycles. The Morgan fingerprint density at radius 2 is 1.35 bits per heavy atom. The van der Waals surface area contributed by atoms with Crippen molar-refractivity contribution in [3.05, 3.63) is 17.6 Å². The molecule has 1 aliphatic rings. The van der Waals surface area contributed by atoms with Crippen molar-refractivity contribution in [1.82, 2.24) is 4.75 Å². The lowest BCUT2D eigenvalue weighted by molar-refractivity contribution is 0.471. The average Bonchev–Trinajstić information content (AvgIpc) is 2.83. The highest BCUT2D eigenvalue weighted by molar-refractivity contribution is 7.26. The lowest BCUT2D eigenvalue weighted by atomic mass is 9.92. The molecule has 1 unspecified atom stereocenters. The zero-order valence-electron chi connectivity index (χ0n) is 11.0. The van der Waals surface area contributed by atoms with E-state index in [1.807, 2.05) is 6.20 Å². The molecular weight excluding hydrogens is 225 g/mol. The number of aromatic nitrogens is 1. The molecule has 1 saturated carbocycles. The average molecular weight is 251 g/mol. The van der Waals surface area contributed by atoms with Gasteiger partial charge in [0.25, 0.3) is 0 Å². The first-order valence-electron chi connectivity index (χ1n) is 7.46. The van der Waals surface area contributed by atoms with E-state index >= 15 is 0 Å². The van der Waals surface area contributed by atoms with Crippen molar-refractivity contribution in [3.8, 4) is 0 Å². The summed E-state index contributed by atoms with van der Waals surface area (Å²) in [5, 5.41) is 1.64. The van der Waals surface area contributed by atoms with Gasteiger partial charge in [-0.2, -0.15) is 0 Å². The maximum atomic E-state index is 4.38. The quantitative estimate of drug-likeness (QED) is 0.642. The number of hydrogen-bond donors (Lipinski definition) is 0. The third-order valence-electron chi connectivity index (χ3n) is 4.07. The highest BCUT2D eigenvalue weighted by atomic mass is 31.0. The third kappa shape index (κ3) is 4.84. The van der Waals surface area contributed by atoms with Crippen molar-refractivity contribution < 1.29 is 0 Å². The van der Waals surface area contributed by atoms with Gasteiger partial charge < -0.3 is 0 Å². The number of hydrogen-bond acceptors (Lipinski definition) is 1. The van der Waals surface area contributed by atoms with E-state index in [1.165, 1.54) is 70.6 Å². The van der Waals surface area contributed by atoms with Crippen molar-refractivity contribution >= 4 is 8.35 Å². The lowest BCUT2D eigenvalue weighted by Crippen LogP contribution is -1.98. The van der Waals surface area contributed by atoms with Gasteiger partial charge in [0.2, 0.25) is 0 Å². The minimum atomic E-state index is 0.749. The van der Waals surface area contributed by atoms with Gasteiger partial charge in [0.05, 0.1) is 0 Å². The first kappa shape index (κ1) is 13.1. The fourth-order valence-corrected chi connectivity index (χ4v) is 3.89. The number of nitrogens with zero attached hydrogens (tertiary/aromatic N) is 1. The van der Waals surface area contributed by atoms with Crippen molar-refractivity contribution in [3.63, 3.8) is 0 Å². The minimum absolute atomic E-state index is 0.749. The Hall–Kier alpha value is -0.290. The summed E-state index contributed by atoms with van der Waals surface area (Å²) in [7, 11) is 0.749. The first-order valence-corrected chi connectivity index (χ1v) is 8.41. The Balaban J connectivity index is 1.84. The molecule has 1 heterocycles. The van der Waals surface area contributed by atoms with Gasteiger partial charge in [-0.25, -0.2) is 4.75 Å². The van der Waals surface area contributed by atoms with Gasteiger partial charge >= 0.3 is 0 Å². The largest absolute Gasteiger partial charge is 0.249 e. The van der Waals surface area contributed by atoms with Crippen LogP contribution in [0.2, 0.25) is 0 Å². The van der Waals surface area contributed by atoms with Gasteiger partial charge in [-0.1, -0.05) is 57.8 Å². The molecular formula is C15H26NP. The predicted octanol–water partition coefficient (Wildman–Crippen LogP) is 5.50. The molecule has 0 radical (unpaired) electrons. The van der Waals surface area contributed by atoms with E-state index in [0.29, 0.717) is 0 Å². The summed E-state index contributed by atoms with van der Waals surface area (Å²) in [5.41, 5.74) is 0. The molecule has 0 amide bonds. The molecule has 0 N–H and O–H groups in total. The molecule has 2 heteroatoms. The SMILES string of the molecule is c1cc(C2CCCCCCCCCCC2)[pH]n1. The second-order valence-electron chi connectivity index (χ2n) is 5.47. The van der Waals surface area contributed by atoms with Crippen LogP contribution in [-0.2, 0) is 0 Å². The van der Waals surface area contributed by atoms with Gasteiger partial charge in [-0.05, 0) is 38.5 Å². The van der Waals surface area contributed by atoms with Crippen LogP contribution in [-0.4, -0.2) is 4.75 Å². The van der Waals surface area contributed by atoms with Crippen molar-refractivity contribution in [1.29, 1.82) is 0 Å². The van der Waals surface area contributed by atoms with Crippen LogP contribution >= 0.6 is 8.35 Å². The molecule has 1 atom stereocenters. The van der Waals surface area contributed by atoms with Crippen LogP contribution in [0.25, 0.3) is 0 Å². The Labute approximate surface area is 108 Å². The van der Waals surface area contributed by atoms with E-state index in [9.17, 15) is 0 Å². The molecule has 1 aromatic heterocycles. The summed E-state index contributed by atoms with van der Waals surface area (Å²) in [5.74, 6) is 0.857. The Morgan fingerprint density at radius 1 is 0.824 bits per heavy atom. The highest BCUT2D eigenvalue weighted by Gasteiger charge is 2.12. The first-order chi connectivity index (χ1) is 8.47. The molecule has 0 aromatic carbocycles. The van der Waals surface area contributed by atoms with Gasteiger partial charge in [0.15, 0.2) is 0 Å². The molecule has 0 bridgehead atoms. The van der Waals surface area contributed by atoms with Crippen LogP contribution in [0, 0.1) is 0 Å². The van der Waals surface area contributed by atoms with Gasteiger partial charge in [-0.15, -0.1) is 0 Å². The summed E-state index contributed by atoms with van der Waals surface area (Å²) >= 11 is 0. The summed E-state index contributed by atoms with van der Waals surface area (Å²) in [6, 6.07) is 2.29. The molecule has 0 saturated heterocycles. The second kappa shape index (κ2) is 7.93. The Bertz CT molecular complexity index is 269. The van der Waals surface area contributed by atoms with Crippen LogP contribution in [0.4, 0.5) is 0 Å². The summed E-state index contributed by atoms with van der Waals surface area (Å²) < 4.78 is 4.38. The van der Waals surface area contributed by atoms with Crippen LogP contribution in [0.3, 0.4) is 0 Å². The molecule has 1 aromatic rings. The van der Waals surface area contributed by atoms with E-state index in [-0.39, 0.29) is 0 Å². The van der Waals surface area contributed by atoms with E-state index in [2.05, 4.69) is 10.8 Å². The van der Waals surface area contributed by atoms with Crippen molar-refractivity contribution in [2.45, 2.75) is 76.5 Å². The second-order valence-corrected chi connectivity index (χ2v) is 6.53. The molecule has 1 nitrogen and oxygen atoms in total. The monoisotopic (exact) mass is 251 g/mol. The van der Waals surface area contributed by atoms with E-state index in [4.69, 9.17) is 0 Å². The molecule has 96 valence electrons. The Kier molecular flexibility index (Phi) is 6.13. The van der Waals surface area contributed by atoms with Crippen molar-refractivity contribution in [2.75, 3.05) is 0 Å². The molecule has 17 heavy (non-hydrogen) atoms. The minimum Gasteiger partial charge on any atom is -0.249 e. The molecule has 1 fully saturated rings. The normalized spacial score (nSPS) is 22.1. The summed E-state index contributed by atoms with van der Waals surface area (Å²) in [6.45, 7) is 0. The van der Waals surface area contributed by atoms with Crippen LogP contribution in [0.5, 0.6) is 0 Å². The van der Waals surface area contributed by atoms with Crippen LogP contribution < -0.4 is 0 Å². The topological polar surface area (TPSA) is 12.9 Å². The van der Waals surface area contributed by atoms with E-state index in [1.54, 1.807) is 5.30 Å². The number of rotatable bonds is 1.